The maximum absolute atomic E-state index is 12.9. The first-order chi connectivity index (χ1) is 16.6. The van der Waals surface area contributed by atoms with E-state index in [-0.39, 0.29) is 35.2 Å². The van der Waals surface area contributed by atoms with Gasteiger partial charge in [0.25, 0.3) is 0 Å². The number of fused-ring (bicyclic) bond motifs is 4. The number of rotatable bonds is 3. The van der Waals surface area contributed by atoms with Gasteiger partial charge in [-0.2, -0.15) is 0 Å². The number of hydrogen-bond donors (Lipinski definition) is 0. The number of carbonyl (C=O) groups excluding carboxylic acids is 2. The summed E-state index contributed by atoms with van der Waals surface area (Å²) in [6.45, 7) is 5.78. The molecule has 5 rings (SSSR count). The third-order valence-corrected chi connectivity index (χ3v) is 8.36. The van der Waals surface area contributed by atoms with E-state index in [0.29, 0.717) is 24.9 Å². The van der Waals surface area contributed by atoms with E-state index in [4.69, 9.17) is 4.74 Å². The van der Waals surface area contributed by atoms with Crippen LogP contribution in [0.15, 0.2) is 18.2 Å². The molecule has 1 aromatic carbocycles. The van der Waals surface area contributed by atoms with Gasteiger partial charge in [0, 0.05) is 42.7 Å². The number of amides is 2. The SMILES string of the molecule is CCOC(=O)N1C2CCC1CC(N1CCC3(CC1)CN(C(C)=O)c1ccc(OC(F)(F)F)cc13)C2. The van der Waals surface area contributed by atoms with Crippen LogP contribution in [0.1, 0.15) is 57.9 Å². The smallest absolute Gasteiger partial charge is 0.450 e. The van der Waals surface area contributed by atoms with Gasteiger partial charge in [-0.1, -0.05) is 0 Å². The first-order valence-electron chi connectivity index (χ1n) is 12.5. The summed E-state index contributed by atoms with van der Waals surface area (Å²) in [5.74, 6) is -0.357. The molecule has 3 fully saturated rings. The summed E-state index contributed by atoms with van der Waals surface area (Å²) in [6.07, 6.45) is 0.381. The lowest BCUT2D eigenvalue weighted by atomic mass is 9.73. The van der Waals surface area contributed by atoms with Gasteiger partial charge in [0.15, 0.2) is 0 Å². The minimum atomic E-state index is -4.76. The third-order valence-electron chi connectivity index (χ3n) is 8.36. The molecule has 3 saturated heterocycles. The first kappa shape index (κ1) is 24.2. The molecule has 2 amide bonds. The fourth-order valence-corrected chi connectivity index (χ4v) is 6.81. The lowest BCUT2D eigenvalue weighted by molar-refractivity contribution is -0.274. The molecule has 0 aliphatic carbocycles. The zero-order valence-corrected chi connectivity index (χ0v) is 20.1. The normalized spacial score (nSPS) is 27.7. The molecule has 4 aliphatic heterocycles. The zero-order chi connectivity index (χ0) is 25.0. The average molecular weight is 496 g/mol. The van der Waals surface area contributed by atoms with Crippen LogP contribution in [-0.4, -0.2) is 72.5 Å². The van der Waals surface area contributed by atoms with Gasteiger partial charge in [-0.05, 0) is 82.3 Å². The lowest BCUT2D eigenvalue weighted by Crippen LogP contribution is -2.55. The second-order valence-corrected chi connectivity index (χ2v) is 10.3. The summed E-state index contributed by atoms with van der Waals surface area (Å²) >= 11 is 0. The van der Waals surface area contributed by atoms with E-state index >= 15 is 0 Å². The van der Waals surface area contributed by atoms with Gasteiger partial charge in [0.2, 0.25) is 5.91 Å². The van der Waals surface area contributed by atoms with Gasteiger partial charge in [0.05, 0.1) is 6.61 Å². The molecule has 4 aliphatic rings. The van der Waals surface area contributed by atoms with E-state index in [1.807, 2.05) is 11.8 Å². The fraction of sp³-hybridized carbons (Fsp3) is 0.680. The van der Waals surface area contributed by atoms with Crippen LogP contribution in [0, 0.1) is 0 Å². The molecule has 1 aromatic rings. The molecule has 7 nitrogen and oxygen atoms in total. The topological polar surface area (TPSA) is 62.3 Å². The minimum absolute atomic E-state index is 0.113. The molecule has 0 radical (unpaired) electrons. The number of carbonyl (C=O) groups is 2. The Bertz CT molecular complexity index is 979. The summed E-state index contributed by atoms with van der Waals surface area (Å²) < 4.78 is 48.0. The first-order valence-corrected chi connectivity index (χ1v) is 12.5. The Morgan fingerprint density at radius 3 is 2.31 bits per heavy atom. The number of hydrogen-bond acceptors (Lipinski definition) is 5. The van der Waals surface area contributed by atoms with Gasteiger partial charge in [0.1, 0.15) is 5.75 Å². The van der Waals surface area contributed by atoms with Gasteiger partial charge in [-0.3, -0.25) is 4.79 Å². The van der Waals surface area contributed by atoms with Crippen molar-refractivity contribution in [2.45, 2.75) is 82.3 Å². The van der Waals surface area contributed by atoms with E-state index in [1.165, 1.54) is 19.1 Å². The van der Waals surface area contributed by atoms with Crippen LogP contribution in [0.4, 0.5) is 23.7 Å². The number of nitrogens with zero attached hydrogens (tertiary/aromatic N) is 3. The predicted molar refractivity (Wildman–Crippen MR) is 122 cm³/mol. The Morgan fingerprint density at radius 2 is 1.74 bits per heavy atom. The van der Waals surface area contributed by atoms with Gasteiger partial charge in [-0.25, -0.2) is 4.79 Å². The van der Waals surface area contributed by atoms with Crippen molar-refractivity contribution in [3.8, 4) is 5.75 Å². The fourth-order valence-electron chi connectivity index (χ4n) is 6.81. The van der Waals surface area contributed by atoms with Crippen LogP contribution in [0.25, 0.3) is 0 Å². The van der Waals surface area contributed by atoms with Crippen LogP contribution in [0.2, 0.25) is 0 Å². The highest BCUT2D eigenvalue weighted by Crippen LogP contribution is 2.49. The number of alkyl halides is 3. The number of benzene rings is 1. The van der Waals surface area contributed by atoms with Gasteiger partial charge < -0.3 is 24.2 Å². The number of likely N-dealkylation sites (tertiary alicyclic amines) is 1. The highest BCUT2D eigenvalue weighted by atomic mass is 19.4. The van der Waals surface area contributed by atoms with Crippen LogP contribution < -0.4 is 9.64 Å². The molecule has 1 spiro atoms. The van der Waals surface area contributed by atoms with Crippen molar-refractivity contribution in [1.29, 1.82) is 0 Å². The average Bonchev–Trinajstić information content (AvgIpc) is 3.24. The van der Waals surface area contributed by atoms with E-state index < -0.39 is 6.36 Å². The van der Waals surface area contributed by atoms with Crippen LogP contribution in [0.3, 0.4) is 0 Å². The zero-order valence-electron chi connectivity index (χ0n) is 20.1. The number of anilines is 1. The summed E-state index contributed by atoms with van der Waals surface area (Å²) in [7, 11) is 0. The molecule has 0 aromatic heterocycles. The molecule has 2 bridgehead atoms. The second kappa shape index (κ2) is 8.87. The summed E-state index contributed by atoms with van der Waals surface area (Å²) in [5.41, 5.74) is 1.07. The highest BCUT2D eigenvalue weighted by Gasteiger charge is 2.50. The maximum Gasteiger partial charge on any atom is 0.573 e. The van der Waals surface area contributed by atoms with E-state index in [0.717, 1.165) is 57.2 Å². The second-order valence-electron chi connectivity index (χ2n) is 10.3. The van der Waals surface area contributed by atoms with Crippen molar-refractivity contribution in [3.63, 3.8) is 0 Å². The Labute approximate surface area is 203 Å². The highest BCUT2D eigenvalue weighted by molar-refractivity contribution is 5.95. The van der Waals surface area contributed by atoms with E-state index in [1.54, 1.807) is 11.0 Å². The largest absolute Gasteiger partial charge is 0.573 e. The van der Waals surface area contributed by atoms with Crippen molar-refractivity contribution < 1.29 is 32.2 Å². The Balaban J connectivity index is 1.31. The Morgan fingerprint density at radius 1 is 1.09 bits per heavy atom. The van der Waals surface area contributed by atoms with Crippen molar-refractivity contribution in [2.24, 2.45) is 0 Å². The predicted octanol–water partition coefficient (Wildman–Crippen LogP) is 4.44. The van der Waals surface area contributed by atoms with Crippen molar-refractivity contribution >= 4 is 17.7 Å². The van der Waals surface area contributed by atoms with Crippen LogP contribution in [-0.2, 0) is 14.9 Å². The van der Waals surface area contributed by atoms with Gasteiger partial charge in [-0.15, -0.1) is 13.2 Å². The minimum Gasteiger partial charge on any atom is -0.450 e. The molecule has 2 unspecified atom stereocenters. The van der Waals surface area contributed by atoms with Crippen LogP contribution >= 0.6 is 0 Å². The van der Waals surface area contributed by atoms with E-state index in [9.17, 15) is 22.8 Å². The molecule has 4 heterocycles. The summed E-state index contributed by atoms with van der Waals surface area (Å²) in [4.78, 5) is 30.8. The number of halogens is 3. The van der Waals surface area contributed by atoms with Crippen LogP contribution in [0.5, 0.6) is 5.75 Å². The molecular weight excluding hydrogens is 463 g/mol. The van der Waals surface area contributed by atoms with E-state index in [2.05, 4.69) is 9.64 Å². The molecule has 2 atom stereocenters. The van der Waals surface area contributed by atoms with Crippen molar-refractivity contribution in [3.05, 3.63) is 23.8 Å². The molecule has 35 heavy (non-hydrogen) atoms. The lowest BCUT2D eigenvalue weighted by Gasteiger charge is -2.47. The monoisotopic (exact) mass is 495 g/mol. The van der Waals surface area contributed by atoms with Crippen molar-refractivity contribution in [1.82, 2.24) is 9.80 Å². The third kappa shape index (κ3) is 4.45. The number of ether oxygens (including phenoxy) is 2. The molecule has 0 saturated carbocycles. The quantitative estimate of drug-likeness (QED) is 0.621. The summed E-state index contributed by atoms with van der Waals surface area (Å²) in [5, 5.41) is 0. The standard InChI is InChI=1S/C25H32F3N3O4/c1-3-34-23(33)31-17-4-5-18(31)13-19(12-17)29-10-8-24(9-11-29)15-30(16(2)32)22-7-6-20(14-21(22)24)35-25(26,27)28/h6-7,14,17-19H,3-5,8-13,15H2,1-2H3. The maximum atomic E-state index is 12.9. The molecule has 0 N–H and O–H groups in total. The molecule has 192 valence electrons. The Hall–Kier alpha value is -2.49. The number of piperidine rings is 2. The molecule has 10 heteroatoms. The molecular formula is C25H32F3N3O4. The summed E-state index contributed by atoms with van der Waals surface area (Å²) in [6, 6.07) is 5.11. The Kier molecular flexibility index (Phi) is 6.14. The van der Waals surface area contributed by atoms with Crippen molar-refractivity contribution in [2.75, 3.05) is 31.1 Å². The van der Waals surface area contributed by atoms with Gasteiger partial charge >= 0.3 is 12.5 Å².